The van der Waals surface area contributed by atoms with Gasteiger partial charge in [0.1, 0.15) is 18.0 Å². The topological polar surface area (TPSA) is 104 Å². The van der Waals surface area contributed by atoms with E-state index in [9.17, 15) is 4.79 Å². The van der Waals surface area contributed by atoms with E-state index in [-0.39, 0.29) is 12.5 Å². The van der Waals surface area contributed by atoms with Crippen LogP contribution in [0, 0.1) is 6.92 Å². The molecule has 0 aliphatic heterocycles. The second kappa shape index (κ2) is 8.92. The molecule has 4 rings (SSSR count). The molecule has 1 N–H and O–H groups in total. The van der Waals surface area contributed by atoms with E-state index < -0.39 is 0 Å². The van der Waals surface area contributed by atoms with Crippen molar-refractivity contribution < 1.29 is 14.3 Å². The van der Waals surface area contributed by atoms with Crippen LogP contribution in [-0.2, 0) is 11.3 Å². The second-order valence-electron chi connectivity index (χ2n) is 6.66. The molecule has 0 saturated heterocycles. The van der Waals surface area contributed by atoms with Gasteiger partial charge in [-0.2, -0.15) is 4.80 Å². The molecule has 10 heteroatoms. The highest BCUT2D eigenvalue weighted by Gasteiger charge is 2.14. The minimum absolute atomic E-state index is 0.0698. The van der Waals surface area contributed by atoms with Crippen molar-refractivity contribution >= 4 is 22.4 Å². The summed E-state index contributed by atoms with van der Waals surface area (Å²) in [4.78, 5) is 18.2. The number of hydrogen-bond acceptors (Lipinski definition) is 8. The number of rotatable bonds is 7. The van der Waals surface area contributed by atoms with Crippen molar-refractivity contribution in [3.05, 3.63) is 53.4 Å². The van der Waals surface area contributed by atoms with Crippen LogP contribution in [-0.4, -0.2) is 45.3 Å². The molecule has 1 amide bonds. The third-order valence-corrected chi connectivity index (χ3v) is 5.24. The number of nitrogens with one attached hydrogen (secondary N) is 1. The van der Waals surface area contributed by atoms with Gasteiger partial charge in [-0.3, -0.25) is 4.79 Å². The highest BCUT2D eigenvalue weighted by atomic mass is 32.1. The molecular weight excluding hydrogens is 416 g/mol. The van der Waals surface area contributed by atoms with Crippen LogP contribution in [0.4, 0.5) is 5.13 Å². The van der Waals surface area contributed by atoms with Gasteiger partial charge in [0.05, 0.1) is 19.9 Å². The van der Waals surface area contributed by atoms with Crippen molar-refractivity contribution in [2.75, 3.05) is 19.5 Å². The Morgan fingerprint density at radius 3 is 2.68 bits per heavy atom. The Bertz CT molecular complexity index is 1200. The number of carbonyl (C=O) groups excluding carboxylic acids is 1. The highest BCUT2D eigenvalue weighted by Crippen LogP contribution is 2.34. The van der Waals surface area contributed by atoms with Gasteiger partial charge in [0, 0.05) is 22.6 Å². The SMILES string of the molecule is COc1ccc(-c2csc(NC(=O)Cn3nnc(-c4ccc(C)cc4)n3)n2)c(OC)c1. The van der Waals surface area contributed by atoms with Crippen LogP contribution >= 0.6 is 11.3 Å². The fourth-order valence-corrected chi connectivity index (χ4v) is 3.61. The van der Waals surface area contributed by atoms with Gasteiger partial charge in [0.15, 0.2) is 5.13 Å². The van der Waals surface area contributed by atoms with Crippen molar-refractivity contribution in [3.8, 4) is 34.1 Å². The van der Waals surface area contributed by atoms with Gasteiger partial charge >= 0.3 is 0 Å². The molecule has 0 aliphatic carbocycles. The van der Waals surface area contributed by atoms with Crippen LogP contribution in [0.1, 0.15) is 5.56 Å². The Morgan fingerprint density at radius 1 is 1.13 bits per heavy atom. The predicted molar refractivity (Wildman–Crippen MR) is 117 cm³/mol. The normalized spacial score (nSPS) is 10.7. The molecule has 0 atom stereocenters. The van der Waals surface area contributed by atoms with E-state index in [2.05, 4.69) is 25.7 Å². The fourth-order valence-electron chi connectivity index (χ4n) is 2.88. The first-order chi connectivity index (χ1) is 15.1. The molecule has 4 aromatic rings. The molecule has 158 valence electrons. The van der Waals surface area contributed by atoms with E-state index in [1.54, 1.807) is 20.3 Å². The summed E-state index contributed by atoms with van der Waals surface area (Å²) in [6.45, 7) is 1.94. The van der Waals surface area contributed by atoms with Crippen LogP contribution < -0.4 is 14.8 Å². The highest BCUT2D eigenvalue weighted by molar-refractivity contribution is 7.14. The maximum absolute atomic E-state index is 12.4. The molecule has 2 aromatic carbocycles. The minimum atomic E-state index is -0.296. The van der Waals surface area contributed by atoms with Crippen LogP contribution in [0.2, 0.25) is 0 Å². The average Bonchev–Trinajstić information content (AvgIpc) is 3.43. The number of thiazole rings is 1. The van der Waals surface area contributed by atoms with Crippen LogP contribution in [0.15, 0.2) is 47.8 Å². The van der Waals surface area contributed by atoms with E-state index >= 15 is 0 Å². The Labute approximate surface area is 182 Å². The van der Waals surface area contributed by atoms with Gasteiger partial charge in [-0.15, -0.1) is 21.5 Å². The molecule has 2 heterocycles. The van der Waals surface area contributed by atoms with Crippen LogP contribution in [0.3, 0.4) is 0 Å². The summed E-state index contributed by atoms with van der Waals surface area (Å²) in [5.74, 6) is 1.50. The first kappa shape index (κ1) is 20.5. The molecule has 0 unspecified atom stereocenters. The fraction of sp³-hybridized carbons (Fsp3) is 0.190. The number of nitrogens with zero attached hydrogens (tertiary/aromatic N) is 5. The third kappa shape index (κ3) is 4.69. The molecule has 31 heavy (non-hydrogen) atoms. The lowest BCUT2D eigenvalue weighted by Crippen LogP contribution is -2.20. The lowest BCUT2D eigenvalue weighted by molar-refractivity contribution is -0.117. The number of benzene rings is 2. The number of carbonyl (C=O) groups is 1. The zero-order valence-electron chi connectivity index (χ0n) is 17.2. The van der Waals surface area contributed by atoms with Crippen molar-refractivity contribution in [1.29, 1.82) is 0 Å². The Hall–Kier alpha value is -3.79. The molecule has 0 aliphatic rings. The molecule has 9 nitrogen and oxygen atoms in total. The Kier molecular flexibility index (Phi) is 5.89. The summed E-state index contributed by atoms with van der Waals surface area (Å²) in [7, 11) is 3.18. The quantitative estimate of drug-likeness (QED) is 0.473. The summed E-state index contributed by atoms with van der Waals surface area (Å²) in [5.41, 5.74) is 3.49. The number of methoxy groups -OCH3 is 2. The van der Waals surface area contributed by atoms with Crippen LogP contribution in [0.25, 0.3) is 22.6 Å². The number of tetrazole rings is 1. The second-order valence-corrected chi connectivity index (χ2v) is 7.52. The number of anilines is 1. The number of hydrogen-bond donors (Lipinski definition) is 1. The third-order valence-electron chi connectivity index (χ3n) is 4.48. The van der Waals surface area contributed by atoms with Gasteiger partial charge in [-0.05, 0) is 24.3 Å². The number of ether oxygens (including phenoxy) is 2. The lowest BCUT2D eigenvalue weighted by Gasteiger charge is -2.08. The summed E-state index contributed by atoms with van der Waals surface area (Å²) in [5, 5.41) is 17.3. The Balaban J connectivity index is 1.42. The van der Waals surface area contributed by atoms with Gasteiger partial charge in [-0.25, -0.2) is 4.98 Å². The van der Waals surface area contributed by atoms with E-state index in [1.807, 2.05) is 48.7 Å². The average molecular weight is 436 g/mol. The molecule has 0 saturated carbocycles. The molecule has 2 aromatic heterocycles. The summed E-state index contributed by atoms with van der Waals surface area (Å²) in [6, 6.07) is 13.3. The predicted octanol–water partition coefficient (Wildman–Crippen LogP) is 3.43. The van der Waals surface area contributed by atoms with Gasteiger partial charge < -0.3 is 14.8 Å². The van der Waals surface area contributed by atoms with Crippen molar-refractivity contribution in [2.24, 2.45) is 0 Å². The molecular formula is C21H20N6O3S. The zero-order valence-corrected chi connectivity index (χ0v) is 18.0. The van der Waals surface area contributed by atoms with Crippen molar-refractivity contribution in [1.82, 2.24) is 25.2 Å². The van der Waals surface area contributed by atoms with E-state index in [0.717, 1.165) is 16.7 Å². The smallest absolute Gasteiger partial charge is 0.249 e. The molecule has 0 radical (unpaired) electrons. The van der Waals surface area contributed by atoms with Gasteiger partial charge in [0.2, 0.25) is 11.7 Å². The standard InChI is InChI=1S/C21H20N6O3S/c1-13-4-6-14(7-5-13)20-24-26-27(25-20)11-19(28)23-21-22-17(12-31-21)16-9-8-15(29-2)10-18(16)30-3/h4-10,12H,11H2,1-3H3,(H,22,23,28). The first-order valence-corrected chi connectivity index (χ1v) is 10.3. The van der Waals surface area contributed by atoms with E-state index in [4.69, 9.17) is 9.47 Å². The summed E-state index contributed by atoms with van der Waals surface area (Å²) >= 11 is 1.32. The zero-order chi connectivity index (χ0) is 21.8. The lowest BCUT2D eigenvalue weighted by atomic mass is 10.1. The van der Waals surface area contributed by atoms with Crippen molar-refractivity contribution in [2.45, 2.75) is 13.5 Å². The van der Waals surface area contributed by atoms with E-state index in [1.165, 1.54) is 16.1 Å². The van der Waals surface area contributed by atoms with Gasteiger partial charge in [-0.1, -0.05) is 29.8 Å². The number of aryl methyl sites for hydroxylation is 1. The maximum atomic E-state index is 12.4. The summed E-state index contributed by atoms with van der Waals surface area (Å²) < 4.78 is 10.7. The molecule has 0 spiro atoms. The monoisotopic (exact) mass is 436 g/mol. The number of amides is 1. The Morgan fingerprint density at radius 2 is 1.94 bits per heavy atom. The summed E-state index contributed by atoms with van der Waals surface area (Å²) in [6.07, 6.45) is 0. The van der Waals surface area contributed by atoms with E-state index in [0.29, 0.717) is 28.1 Å². The first-order valence-electron chi connectivity index (χ1n) is 9.38. The largest absolute Gasteiger partial charge is 0.497 e. The van der Waals surface area contributed by atoms with Crippen molar-refractivity contribution in [3.63, 3.8) is 0 Å². The molecule has 0 fully saturated rings. The minimum Gasteiger partial charge on any atom is -0.497 e. The molecule has 0 bridgehead atoms. The maximum Gasteiger partial charge on any atom is 0.249 e. The van der Waals surface area contributed by atoms with Gasteiger partial charge in [0.25, 0.3) is 0 Å². The number of aromatic nitrogens is 5. The van der Waals surface area contributed by atoms with Crippen LogP contribution in [0.5, 0.6) is 11.5 Å².